The van der Waals surface area contributed by atoms with E-state index in [2.05, 4.69) is 63.2 Å². The van der Waals surface area contributed by atoms with Crippen molar-refractivity contribution in [3.05, 3.63) is 147 Å². The summed E-state index contributed by atoms with van der Waals surface area (Å²) in [6, 6.07) is 4.31. The van der Waals surface area contributed by atoms with Crippen molar-refractivity contribution in [2.45, 2.75) is 227 Å². The van der Waals surface area contributed by atoms with E-state index in [-0.39, 0.29) is 117 Å². The fraction of sp³-hybridized carbons (Fsp3) is 0.505. The Hall–Kier alpha value is -10.9. The van der Waals surface area contributed by atoms with Gasteiger partial charge >= 0.3 is 6.03 Å². The van der Waals surface area contributed by atoms with Gasteiger partial charge in [0.2, 0.25) is 69.3 Å². The highest BCUT2D eigenvalue weighted by molar-refractivity contribution is 7.88. The van der Waals surface area contributed by atoms with Gasteiger partial charge in [0.05, 0.1) is 43.1 Å². The summed E-state index contributed by atoms with van der Waals surface area (Å²) in [5, 5.41) is 130. The second-order valence-electron chi connectivity index (χ2n) is 36.5. The number of carbonyl (C=O) groups excluding carboxylic acids is 9. The second kappa shape index (κ2) is 39.3. The van der Waals surface area contributed by atoms with Gasteiger partial charge in [0.15, 0.2) is 23.9 Å². The summed E-state index contributed by atoms with van der Waals surface area (Å²) < 4.78 is 71.4. The molecule has 6 aromatic rings. The topological polar surface area (TPSA) is 585 Å². The standard InChI is InChI=1S/C91H112ClN13O26S/c1-38(2)23-56(94-6)82(115)104-71-73(109)44-12-19-60-52(30-44)75(111)79-76(112)77(113)80(129-65-36-91(5,93)81(114)40(4)126-65)89(131-79)130-78-62(127-60)32-48-33-63(78)128-61-20-13-45(31-55(61)92)74(110)72-88(121)103-70(86(119)100-67-46-25-41-24-42(27-46)28-47(67)26-41)53-34-59(107)54(37-95-21-9-10-22-96-132(8,123)124)39(3)66(53)51-29-43(11-18-58(51)106)68(84(117)105-72)102-85(118)69(48)101-83(116)57(98-87(71)120)35-64(108)99-90(122)97-49-14-16-50(125-7)17-15-49/h11-20,29-34,38,40-42,46-47,56-57,65,67-77,79-81,89,94-96,106-107,109-114H,9-10,21-28,35-37,93H2,1-8H3,(H,98,120)(H,100,119)(H,101,116)(H,102,118)(H,103,121)(H,104,115)(H,105,117)(H2,97,99,108,122)/t40-,41?,42?,46?,47?,56+,57-,65-,67?,68+,69+,70-,71+,72-,73+,74+,75?,76-,77-,79+,80+,81+,89+,91-/m0/s1. The molecule has 8 heterocycles. The molecule has 0 radical (unpaired) electrons. The lowest BCUT2D eigenvalue weighted by atomic mass is 9.54. The molecule has 39 nitrogen and oxygen atoms in total. The van der Waals surface area contributed by atoms with E-state index in [9.17, 15) is 63.7 Å². The van der Waals surface area contributed by atoms with Crippen molar-refractivity contribution >= 4 is 80.6 Å². The fourth-order valence-corrected chi connectivity index (χ4v) is 20.6. The van der Waals surface area contributed by atoms with Gasteiger partial charge < -0.3 is 133 Å². The van der Waals surface area contributed by atoms with Crippen LogP contribution in [0.1, 0.15) is 173 Å². The summed E-state index contributed by atoms with van der Waals surface area (Å²) in [6.45, 7) is 8.54. The zero-order valence-electron chi connectivity index (χ0n) is 73.6. The minimum Gasteiger partial charge on any atom is -0.508 e. The van der Waals surface area contributed by atoms with E-state index >= 15 is 28.8 Å². The molecule has 0 aromatic heterocycles. The monoisotopic (exact) mass is 1870 g/mol. The first-order chi connectivity index (χ1) is 62.7. The number of unbranched alkanes of at least 4 members (excludes halogenated alkanes) is 1. The van der Waals surface area contributed by atoms with Gasteiger partial charge in [-0.25, -0.2) is 17.9 Å². The Morgan fingerprint density at radius 3 is 1.98 bits per heavy atom. The molecule has 710 valence electrons. The number of aliphatic hydroxyl groups is 6. The minimum atomic E-state index is -3.51. The maximum Gasteiger partial charge on any atom is 0.325 e. The van der Waals surface area contributed by atoms with Crippen LogP contribution >= 0.6 is 11.6 Å². The third-order valence-electron chi connectivity index (χ3n) is 26.4. The number of halogens is 1. The van der Waals surface area contributed by atoms with Crippen LogP contribution < -0.4 is 87.9 Å². The number of sulfonamides is 1. The van der Waals surface area contributed by atoms with Crippen LogP contribution in [-0.2, 0) is 69.1 Å². The molecule has 19 atom stereocenters. The molecule has 0 spiro atoms. The number of hydrogen-bond donors (Lipinski definition) is 21. The Balaban J connectivity index is 0.929. The quantitative estimate of drug-likeness (QED) is 0.0460. The fourth-order valence-electron chi connectivity index (χ4n) is 19.8. The average molecular weight is 1870 g/mol. The van der Waals surface area contributed by atoms with Crippen molar-refractivity contribution in [3.8, 4) is 57.1 Å². The number of nitrogens with one attached hydrogen (secondary N) is 12. The second-order valence-corrected chi connectivity index (χ2v) is 38.7. The Kier molecular flexibility index (Phi) is 28.5. The third-order valence-corrected chi connectivity index (χ3v) is 27.4. The molecule has 6 fully saturated rings. The summed E-state index contributed by atoms with van der Waals surface area (Å²) in [5.74, 6) is -12.0. The van der Waals surface area contributed by atoms with E-state index in [1.54, 1.807) is 6.92 Å². The van der Waals surface area contributed by atoms with Gasteiger partial charge in [-0.2, -0.15) is 0 Å². The van der Waals surface area contributed by atoms with E-state index < -0.39 is 231 Å². The molecule has 10 amide bonds. The normalized spacial score (nSPS) is 30.3. The van der Waals surface area contributed by atoms with E-state index in [1.165, 1.54) is 107 Å². The molecule has 22 N–H and O–H groups in total. The Labute approximate surface area is 764 Å². The Morgan fingerprint density at radius 2 is 1.33 bits per heavy atom. The van der Waals surface area contributed by atoms with Crippen molar-refractivity contribution in [2.24, 2.45) is 35.3 Å². The molecule has 4 aliphatic carbocycles. The van der Waals surface area contributed by atoms with Crippen molar-refractivity contribution < 1.29 is 126 Å². The number of fused-ring (bicyclic) bond motifs is 16. The largest absolute Gasteiger partial charge is 0.508 e. The Morgan fingerprint density at radius 1 is 0.682 bits per heavy atom. The molecule has 41 heteroatoms. The molecule has 18 rings (SSSR count). The van der Waals surface area contributed by atoms with Gasteiger partial charge in [0.1, 0.15) is 102 Å². The van der Waals surface area contributed by atoms with Crippen LogP contribution in [0.25, 0.3) is 11.1 Å². The molecule has 18 bridgehead atoms. The van der Waals surface area contributed by atoms with Gasteiger partial charge in [-0.05, 0) is 233 Å². The lowest BCUT2D eigenvalue weighted by Crippen LogP contribution is -2.64. The summed E-state index contributed by atoms with van der Waals surface area (Å²) >= 11 is 7.36. The van der Waals surface area contributed by atoms with Crippen LogP contribution in [-0.4, -0.2) is 221 Å². The number of carbonyl (C=O) groups is 9. The predicted molar refractivity (Wildman–Crippen MR) is 471 cm³/mol. The predicted octanol–water partition coefficient (Wildman–Crippen LogP) is 3.26. The number of imide groups is 1. The van der Waals surface area contributed by atoms with Crippen molar-refractivity contribution in [2.75, 3.05) is 38.8 Å². The molecule has 132 heavy (non-hydrogen) atoms. The van der Waals surface area contributed by atoms with E-state index in [1.807, 2.05) is 13.8 Å². The van der Waals surface area contributed by atoms with Crippen LogP contribution in [0.2, 0.25) is 5.02 Å². The van der Waals surface area contributed by atoms with E-state index in [4.69, 9.17) is 50.5 Å². The number of amides is 10. The number of rotatable bonds is 21. The molecule has 6 aromatic carbocycles. The maximum atomic E-state index is 16.9. The summed E-state index contributed by atoms with van der Waals surface area (Å²) in [5.41, 5.74) is 3.94. The first kappa shape index (κ1) is 95.7. The summed E-state index contributed by atoms with van der Waals surface area (Å²) in [6.07, 6.45) is -15.7. The average Bonchev–Trinajstić information content (AvgIpc) is 0.751. The number of urea groups is 1. The van der Waals surface area contributed by atoms with Crippen LogP contribution in [0.4, 0.5) is 10.5 Å². The number of aliphatic hydroxyl groups excluding tert-OH is 6. The van der Waals surface area contributed by atoms with Crippen LogP contribution in [0, 0.1) is 36.5 Å². The van der Waals surface area contributed by atoms with E-state index in [0.29, 0.717) is 30.4 Å². The van der Waals surface area contributed by atoms with E-state index in [0.717, 1.165) is 56.6 Å². The van der Waals surface area contributed by atoms with Gasteiger partial charge in [-0.1, -0.05) is 43.6 Å². The number of likely N-dealkylation sites (N-methyl/N-ethyl adjacent to an activating group) is 1. The summed E-state index contributed by atoms with van der Waals surface area (Å²) in [4.78, 5) is 141. The van der Waals surface area contributed by atoms with Crippen molar-refractivity contribution in [3.63, 3.8) is 0 Å². The van der Waals surface area contributed by atoms with Gasteiger partial charge in [-0.15, -0.1) is 0 Å². The molecular weight excluding hydrogens is 1760 g/mol. The molecule has 8 aliphatic heterocycles. The molecule has 12 aliphatic rings. The number of phenols is 2. The number of phenolic OH excluding ortho intramolecular Hbond substituents is 2. The van der Waals surface area contributed by atoms with Crippen molar-refractivity contribution in [1.82, 2.24) is 57.9 Å². The Bertz CT molecular complexity index is 5530. The number of methoxy groups -OCH3 is 1. The van der Waals surface area contributed by atoms with Gasteiger partial charge in [0.25, 0.3) is 0 Å². The molecule has 1 unspecified atom stereocenters. The number of anilines is 1. The number of benzene rings is 6. The van der Waals surface area contributed by atoms with Crippen LogP contribution in [0.15, 0.2) is 97.1 Å². The molecule has 2 saturated heterocycles. The number of aromatic hydroxyl groups is 2. The van der Waals surface area contributed by atoms with Crippen LogP contribution in [0.3, 0.4) is 0 Å². The number of nitrogens with two attached hydrogens (primary N) is 1. The number of hydrogen-bond acceptors (Lipinski definition) is 29. The van der Waals surface area contributed by atoms with Crippen LogP contribution in [0.5, 0.6) is 46.0 Å². The highest BCUT2D eigenvalue weighted by atomic mass is 35.5. The maximum absolute atomic E-state index is 16.9. The highest BCUT2D eigenvalue weighted by Gasteiger charge is 2.55. The third kappa shape index (κ3) is 20.6. The first-order valence-electron chi connectivity index (χ1n) is 44.1. The SMILES string of the molecule is CN[C@H](CC(C)C)C(=O)N[C@H]1C(=O)N[C@@H](CC(=O)NC(=O)Nc2ccc(OC)cc2)C(=O)N[C@H]2C(=O)N[C@H]3C(=O)N[C@H](C(=O)N[C@H](C(=O)NC4C5CC6CC(C5)CC4C6)c4cc(O)c(CNCCCCNS(C)(=O)=O)c(C)c4-c4cc3ccc4O)[C@H](O)c3ccc(c(Cl)c3)Oc3cc2cc2c3O[C@@H]3O[C@H](C(O)c4cc(ccc4O2)[C@H]1O)[C@@H](O)[C@H](O)[C@H]3O[C@H]1C[C@](C)(N)[C@H](O)[C@H](C)O1. The van der Waals surface area contributed by atoms with Crippen molar-refractivity contribution in [1.29, 1.82) is 0 Å². The zero-order chi connectivity index (χ0) is 94.5. The summed E-state index contributed by atoms with van der Waals surface area (Å²) in [7, 11) is -0.636. The highest BCUT2D eigenvalue weighted by Crippen LogP contribution is 2.55. The molecule has 4 saturated carbocycles. The lowest BCUT2D eigenvalue weighted by molar-refractivity contribution is -0.339. The minimum absolute atomic E-state index is 0.0201. The molecular formula is C91H112ClN13O26S. The zero-order valence-corrected chi connectivity index (χ0v) is 75.1. The first-order valence-corrected chi connectivity index (χ1v) is 46.3. The van der Waals surface area contributed by atoms with Gasteiger partial charge in [0, 0.05) is 53.5 Å². The number of ether oxygens (including phenoxy) is 7. The van der Waals surface area contributed by atoms with Gasteiger partial charge in [-0.3, -0.25) is 43.7 Å². The lowest BCUT2D eigenvalue weighted by Gasteiger charge is -2.54. The smallest absolute Gasteiger partial charge is 0.325 e.